The first-order valence-electron chi connectivity index (χ1n) is 6.30. The number of hydrogen-bond donors (Lipinski definition) is 1. The molecule has 1 aliphatic heterocycles. The van der Waals surface area contributed by atoms with Crippen molar-refractivity contribution in [1.82, 2.24) is 5.32 Å². The lowest BCUT2D eigenvalue weighted by atomic mass is 9.90. The Bertz CT molecular complexity index is 252. The van der Waals surface area contributed by atoms with Crippen LogP contribution in [0.15, 0.2) is 4.99 Å². The van der Waals surface area contributed by atoms with Gasteiger partial charge in [-0.3, -0.25) is 4.99 Å². The minimum atomic E-state index is 0.461. The molecule has 0 bridgehead atoms. The van der Waals surface area contributed by atoms with Gasteiger partial charge in [-0.15, -0.1) is 0 Å². The normalized spacial score (nSPS) is 41.6. The van der Waals surface area contributed by atoms with Crippen LogP contribution in [0.5, 0.6) is 0 Å². The second kappa shape index (κ2) is 5.41. The van der Waals surface area contributed by atoms with Gasteiger partial charge in [-0.05, 0) is 33.1 Å². The lowest BCUT2D eigenvalue weighted by molar-refractivity contribution is -0.000692. The van der Waals surface area contributed by atoms with E-state index in [-0.39, 0.29) is 0 Å². The summed E-state index contributed by atoms with van der Waals surface area (Å²) in [5.74, 6) is 0. The summed E-state index contributed by atoms with van der Waals surface area (Å²) >= 11 is 1.88. The van der Waals surface area contributed by atoms with Gasteiger partial charge in [0.15, 0.2) is 5.17 Å². The summed E-state index contributed by atoms with van der Waals surface area (Å²) in [5, 5.41) is 5.30. The molecule has 92 valence electrons. The zero-order chi connectivity index (χ0) is 11.5. The molecule has 0 aromatic carbocycles. The Morgan fingerprint density at radius 1 is 1.38 bits per heavy atom. The zero-order valence-electron chi connectivity index (χ0n) is 10.4. The molecular weight excluding hydrogens is 220 g/mol. The summed E-state index contributed by atoms with van der Waals surface area (Å²) in [7, 11) is 0. The van der Waals surface area contributed by atoms with Crippen molar-refractivity contribution in [3.05, 3.63) is 0 Å². The predicted molar refractivity (Wildman–Crippen MR) is 70.1 cm³/mol. The van der Waals surface area contributed by atoms with Crippen LogP contribution in [-0.2, 0) is 4.74 Å². The Morgan fingerprint density at radius 2 is 2.12 bits per heavy atom. The van der Waals surface area contributed by atoms with Crippen LogP contribution >= 0.6 is 11.8 Å². The zero-order valence-corrected chi connectivity index (χ0v) is 11.2. The Morgan fingerprint density at radius 3 is 2.75 bits per heavy atom. The van der Waals surface area contributed by atoms with Gasteiger partial charge in [0.2, 0.25) is 0 Å². The smallest absolute Gasteiger partial charge is 0.157 e. The van der Waals surface area contributed by atoms with Crippen molar-refractivity contribution in [3.63, 3.8) is 0 Å². The van der Waals surface area contributed by atoms with Crippen LogP contribution in [-0.4, -0.2) is 35.2 Å². The van der Waals surface area contributed by atoms with Gasteiger partial charge in [0.1, 0.15) is 0 Å². The van der Waals surface area contributed by atoms with Gasteiger partial charge < -0.3 is 10.1 Å². The Labute approximate surface area is 102 Å². The van der Waals surface area contributed by atoms with Crippen LogP contribution in [0.3, 0.4) is 0 Å². The van der Waals surface area contributed by atoms with Crippen molar-refractivity contribution in [2.45, 2.75) is 63.5 Å². The number of aliphatic imine (C=N–C) groups is 1. The molecule has 2 aliphatic rings. The SMILES string of the molecule is CCOC1CC(N=C2NC(C)CC(C)S2)C1. The van der Waals surface area contributed by atoms with E-state index in [0.717, 1.165) is 24.6 Å². The summed E-state index contributed by atoms with van der Waals surface area (Å²) in [6, 6.07) is 1.06. The molecule has 1 aliphatic carbocycles. The number of ether oxygens (including phenoxy) is 1. The van der Waals surface area contributed by atoms with Crippen molar-refractivity contribution in [3.8, 4) is 0 Å². The lowest BCUT2D eigenvalue weighted by Crippen LogP contribution is -2.41. The summed E-state index contributed by atoms with van der Waals surface area (Å²) in [6.45, 7) is 7.40. The lowest BCUT2D eigenvalue weighted by Gasteiger charge is -2.34. The van der Waals surface area contributed by atoms with E-state index in [1.807, 2.05) is 11.8 Å². The first-order valence-corrected chi connectivity index (χ1v) is 7.18. The number of thioether (sulfide) groups is 1. The standard InChI is InChI=1S/C12H22N2OS/c1-4-15-11-6-10(7-11)14-12-13-8(2)5-9(3)16-12/h8-11H,4-7H2,1-3H3,(H,13,14). The fraction of sp³-hybridized carbons (Fsp3) is 0.917. The van der Waals surface area contributed by atoms with Crippen molar-refractivity contribution in [1.29, 1.82) is 0 Å². The molecule has 2 rings (SSSR count). The molecule has 1 N–H and O–H groups in total. The summed E-state index contributed by atoms with van der Waals surface area (Å²) in [6.07, 6.45) is 3.89. The quantitative estimate of drug-likeness (QED) is 0.825. The highest BCUT2D eigenvalue weighted by atomic mass is 32.2. The van der Waals surface area contributed by atoms with E-state index >= 15 is 0 Å². The van der Waals surface area contributed by atoms with Gasteiger partial charge in [-0.1, -0.05) is 18.7 Å². The van der Waals surface area contributed by atoms with Crippen molar-refractivity contribution < 1.29 is 4.74 Å². The van der Waals surface area contributed by atoms with Gasteiger partial charge in [-0.25, -0.2) is 0 Å². The highest BCUT2D eigenvalue weighted by Gasteiger charge is 2.30. The highest BCUT2D eigenvalue weighted by Crippen LogP contribution is 2.29. The minimum absolute atomic E-state index is 0.461. The van der Waals surface area contributed by atoms with E-state index in [2.05, 4.69) is 26.1 Å². The minimum Gasteiger partial charge on any atom is -0.378 e. The maximum Gasteiger partial charge on any atom is 0.157 e. The number of nitrogens with zero attached hydrogens (tertiary/aromatic N) is 1. The second-order valence-corrected chi connectivity index (χ2v) is 6.27. The number of nitrogens with one attached hydrogen (secondary N) is 1. The molecule has 0 amide bonds. The maximum atomic E-state index is 5.54. The van der Waals surface area contributed by atoms with E-state index in [0.29, 0.717) is 23.4 Å². The average Bonchev–Trinajstić information content (AvgIpc) is 2.13. The summed E-state index contributed by atoms with van der Waals surface area (Å²) in [4.78, 5) is 4.76. The van der Waals surface area contributed by atoms with Gasteiger partial charge in [0, 0.05) is 17.9 Å². The molecule has 3 nitrogen and oxygen atoms in total. The van der Waals surface area contributed by atoms with Crippen molar-refractivity contribution in [2.24, 2.45) is 4.99 Å². The molecular formula is C12H22N2OS. The molecule has 1 saturated carbocycles. The molecule has 2 fully saturated rings. The third-order valence-electron chi connectivity index (χ3n) is 3.14. The van der Waals surface area contributed by atoms with E-state index in [1.54, 1.807) is 0 Å². The van der Waals surface area contributed by atoms with Crippen LogP contribution in [0.1, 0.15) is 40.0 Å². The van der Waals surface area contributed by atoms with Crippen molar-refractivity contribution >= 4 is 16.9 Å². The molecule has 0 spiro atoms. The third kappa shape index (κ3) is 3.14. The van der Waals surface area contributed by atoms with Gasteiger partial charge in [0.25, 0.3) is 0 Å². The maximum absolute atomic E-state index is 5.54. The Kier molecular flexibility index (Phi) is 4.14. The molecule has 1 heterocycles. The monoisotopic (exact) mass is 242 g/mol. The largest absolute Gasteiger partial charge is 0.378 e. The number of rotatable bonds is 3. The predicted octanol–water partition coefficient (Wildman–Crippen LogP) is 2.41. The van der Waals surface area contributed by atoms with E-state index in [4.69, 9.17) is 9.73 Å². The van der Waals surface area contributed by atoms with Gasteiger partial charge in [-0.2, -0.15) is 0 Å². The van der Waals surface area contributed by atoms with E-state index in [1.165, 1.54) is 6.42 Å². The summed E-state index contributed by atoms with van der Waals surface area (Å²) < 4.78 is 5.54. The Balaban J connectivity index is 1.79. The van der Waals surface area contributed by atoms with Crippen LogP contribution in [0, 0.1) is 0 Å². The van der Waals surface area contributed by atoms with Crippen LogP contribution in [0.25, 0.3) is 0 Å². The average molecular weight is 242 g/mol. The molecule has 4 heteroatoms. The number of amidine groups is 1. The van der Waals surface area contributed by atoms with Gasteiger partial charge in [0.05, 0.1) is 12.1 Å². The molecule has 1 saturated heterocycles. The van der Waals surface area contributed by atoms with Gasteiger partial charge >= 0.3 is 0 Å². The first-order chi connectivity index (χ1) is 7.67. The number of hydrogen-bond acceptors (Lipinski definition) is 3. The third-order valence-corrected chi connectivity index (χ3v) is 4.18. The van der Waals surface area contributed by atoms with Crippen molar-refractivity contribution in [2.75, 3.05) is 6.61 Å². The molecule has 0 aromatic rings. The fourth-order valence-corrected chi connectivity index (χ4v) is 3.53. The molecule has 0 radical (unpaired) electrons. The van der Waals surface area contributed by atoms with Crippen LogP contribution in [0.4, 0.5) is 0 Å². The van der Waals surface area contributed by atoms with Crippen LogP contribution < -0.4 is 5.32 Å². The fourth-order valence-electron chi connectivity index (χ4n) is 2.29. The molecule has 0 aromatic heterocycles. The highest BCUT2D eigenvalue weighted by molar-refractivity contribution is 8.14. The molecule has 16 heavy (non-hydrogen) atoms. The van der Waals surface area contributed by atoms with E-state index in [9.17, 15) is 0 Å². The molecule has 2 unspecified atom stereocenters. The van der Waals surface area contributed by atoms with Crippen LogP contribution in [0.2, 0.25) is 0 Å². The van der Waals surface area contributed by atoms with E-state index < -0.39 is 0 Å². The Hall–Kier alpha value is -0.220. The molecule has 2 atom stereocenters. The second-order valence-electron chi connectivity index (χ2n) is 4.85. The summed E-state index contributed by atoms with van der Waals surface area (Å²) in [5.41, 5.74) is 0. The topological polar surface area (TPSA) is 33.6 Å². The first kappa shape index (κ1) is 12.2.